The monoisotopic (exact) mass is 499 g/mol. The van der Waals surface area contributed by atoms with Gasteiger partial charge >= 0.3 is 6.18 Å². The lowest BCUT2D eigenvalue weighted by molar-refractivity contribution is -0.0892. The smallest absolute Gasteiger partial charge is 0.456 e. The van der Waals surface area contributed by atoms with Crippen LogP contribution in [0.2, 0.25) is 0 Å². The first-order valence-corrected chi connectivity index (χ1v) is 11.8. The van der Waals surface area contributed by atoms with Crippen LogP contribution in [-0.2, 0) is 12.1 Å². The van der Waals surface area contributed by atoms with Gasteiger partial charge in [-0.25, -0.2) is 0 Å². The van der Waals surface area contributed by atoms with Crippen LogP contribution in [0.5, 0.6) is 5.75 Å². The van der Waals surface area contributed by atoms with Gasteiger partial charge in [-0.2, -0.15) is 13.2 Å². The molecule has 36 heavy (non-hydrogen) atoms. The zero-order valence-electron chi connectivity index (χ0n) is 19.8. The highest BCUT2D eigenvalue weighted by atomic mass is 19.4. The summed E-state index contributed by atoms with van der Waals surface area (Å²) in [4.78, 5) is 29.0. The van der Waals surface area contributed by atoms with Crippen molar-refractivity contribution in [1.29, 1.82) is 0 Å². The summed E-state index contributed by atoms with van der Waals surface area (Å²) in [6.45, 7) is 1.60. The van der Waals surface area contributed by atoms with Gasteiger partial charge in [0.1, 0.15) is 5.75 Å². The average Bonchev–Trinajstić information content (AvgIpc) is 3.31. The number of piperidine rings is 1. The van der Waals surface area contributed by atoms with Gasteiger partial charge in [-0.15, -0.1) is 0 Å². The number of hydrogen-bond acceptors (Lipinski definition) is 4. The standard InChI is InChI=1S/C27H26F3N3O3.H2/c1-31-15-16-33-21(24(35)27(28,29)30)9-10-23(33)26(31)11-13-32(14-12-26)25(36)19-7-8-20(22(34)17-19)18-5-3-2-4-6-18;/h2-10,17,34H,11-16H2,1H3;1H. The molecule has 1 saturated heterocycles. The van der Waals surface area contributed by atoms with E-state index in [4.69, 9.17) is 0 Å². The van der Waals surface area contributed by atoms with E-state index >= 15 is 0 Å². The van der Waals surface area contributed by atoms with Crippen molar-refractivity contribution in [2.24, 2.45) is 0 Å². The van der Waals surface area contributed by atoms with Crippen LogP contribution in [0.3, 0.4) is 0 Å². The molecule has 1 amide bonds. The van der Waals surface area contributed by atoms with Gasteiger partial charge in [-0.3, -0.25) is 14.5 Å². The molecule has 1 aromatic heterocycles. The second-order valence-corrected chi connectivity index (χ2v) is 9.43. The van der Waals surface area contributed by atoms with Gasteiger partial charge in [0.15, 0.2) is 0 Å². The van der Waals surface area contributed by atoms with E-state index in [1.165, 1.54) is 16.7 Å². The summed E-state index contributed by atoms with van der Waals surface area (Å²) in [5.41, 5.74) is 1.65. The number of halogens is 3. The number of alkyl halides is 3. The Morgan fingerprint density at radius 1 is 0.944 bits per heavy atom. The maximum Gasteiger partial charge on any atom is 0.456 e. The Kier molecular flexibility index (Phi) is 5.90. The SMILES string of the molecule is CN1CCn2c(C(=O)C(F)(F)F)ccc2C12CCN(C(=O)c1ccc(-c3ccccc3)c(O)c1)CC2.[HH]. The summed E-state index contributed by atoms with van der Waals surface area (Å²) >= 11 is 0. The first-order chi connectivity index (χ1) is 17.1. The van der Waals surface area contributed by atoms with E-state index in [0.29, 0.717) is 55.8 Å². The fraction of sp³-hybridized carbons (Fsp3) is 0.333. The number of nitrogens with zero attached hydrogens (tertiary/aromatic N) is 3. The topological polar surface area (TPSA) is 65.8 Å². The number of ketones is 1. The first kappa shape index (κ1) is 24.1. The summed E-state index contributed by atoms with van der Waals surface area (Å²) in [5.74, 6) is -2.02. The van der Waals surface area contributed by atoms with Crippen LogP contribution in [0.15, 0.2) is 60.7 Å². The Hall–Kier alpha value is -3.59. The minimum atomic E-state index is -4.93. The number of hydrogen-bond donors (Lipinski definition) is 1. The number of amides is 1. The number of carbonyl (C=O) groups excluding carboxylic acids is 2. The van der Waals surface area contributed by atoms with Crippen LogP contribution in [0, 0.1) is 0 Å². The predicted molar refractivity (Wildman–Crippen MR) is 130 cm³/mol. The fourth-order valence-electron chi connectivity index (χ4n) is 5.54. The summed E-state index contributed by atoms with van der Waals surface area (Å²) in [6, 6.07) is 17.2. The predicted octanol–water partition coefficient (Wildman–Crippen LogP) is 4.93. The number of aromatic hydroxyl groups is 1. The second-order valence-electron chi connectivity index (χ2n) is 9.43. The molecule has 0 bridgehead atoms. The number of rotatable bonds is 3. The van der Waals surface area contributed by atoms with Gasteiger partial charge in [0, 0.05) is 44.4 Å². The van der Waals surface area contributed by atoms with Gasteiger partial charge in [-0.05, 0) is 55.8 Å². The Morgan fingerprint density at radius 2 is 1.64 bits per heavy atom. The number of Topliss-reactive ketones (excluding diaryl/α,β-unsaturated/α-hetero) is 1. The van der Waals surface area contributed by atoms with Crippen molar-refractivity contribution in [3.8, 4) is 16.9 Å². The molecule has 6 nitrogen and oxygen atoms in total. The summed E-state index contributed by atoms with van der Waals surface area (Å²) in [7, 11) is 1.93. The van der Waals surface area contributed by atoms with Gasteiger partial charge in [0.2, 0.25) is 0 Å². The van der Waals surface area contributed by atoms with Crippen molar-refractivity contribution in [2.75, 3.05) is 26.7 Å². The Balaban J connectivity index is 0.00000320. The molecule has 2 aliphatic rings. The average molecular weight is 500 g/mol. The van der Waals surface area contributed by atoms with Crippen LogP contribution < -0.4 is 0 Å². The van der Waals surface area contributed by atoms with E-state index < -0.39 is 17.5 Å². The largest absolute Gasteiger partial charge is 0.507 e. The van der Waals surface area contributed by atoms with E-state index in [-0.39, 0.29) is 18.8 Å². The third-order valence-electron chi connectivity index (χ3n) is 7.54. The zero-order chi connectivity index (χ0) is 25.7. The molecule has 190 valence electrons. The lowest BCUT2D eigenvalue weighted by atomic mass is 9.81. The van der Waals surface area contributed by atoms with Crippen LogP contribution in [0.25, 0.3) is 11.1 Å². The summed E-state index contributed by atoms with van der Waals surface area (Å²) < 4.78 is 40.8. The molecular weight excluding hydrogens is 471 g/mol. The van der Waals surface area contributed by atoms with Crippen molar-refractivity contribution < 1.29 is 29.3 Å². The molecule has 0 radical (unpaired) electrons. The van der Waals surface area contributed by atoms with Crippen molar-refractivity contribution in [1.82, 2.24) is 14.4 Å². The van der Waals surface area contributed by atoms with Crippen molar-refractivity contribution >= 4 is 11.7 Å². The Labute approximate surface area is 208 Å². The minimum Gasteiger partial charge on any atom is -0.507 e. The lowest BCUT2D eigenvalue weighted by Gasteiger charge is -2.50. The van der Waals surface area contributed by atoms with Gasteiger partial charge in [0.25, 0.3) is 11.7 Å². The van der Waals surface area contributed by atoms with E-state index in [9.17, 15) is 27.9 Å². The molecule has 0 unspecified atom stereocenters. The number of phenols is 1. The quantitative estimate of drug-likeness (QED) is 0.519. The summed E-state index contributed by atoms with van der Waals surface area (Å²) in [5, 5.41) is 10.6. The molecule has 2 aliphatic heterocycles. The maximum atomic E-state index is 13.2. The molecule has 2 aromatic carbocycles. The molecule has 1 fully saturated rings. The molecule has 5 rings (SSSR count). The van der Waals surface area contributed by atoms with Gasteiger partial charge in [-0.1, -0.05) is 30.3 Å². The number of phenolic OH excluding ortho intramolecular Hbond substituents is 1. The number of fused-ring (bicyclic) bond motifs is 2. The molecule has 1 spiro atoms. The first-order valence-electron chi connectivity index (χ1n) is 11.8. The maximum absolute atomic E-state index is 13.2. The number of aromatic nitrogens is 1. The third kappa shape index (κ3) is 3.97. The van der Waals surface area contributed by atoms with E-state index in [1.807, 2.05) is 37.4 Å². The van der Waals surface area contributed by atoms with E-state index in [1.54, 1.807) is 23.1 Å². The minimum absolute atomic E-state index is 0. The molecular formula is C27H28F3N3O3. The van der Waals surface area contributed by atoms with E-state index in [2.05, 4.69) is 4.90 Å². The number of likely N-dealkylation sites (tertiary alicyclic amines) is 1. The van der Waals surface area contributed by atoms with Crippen molar-refractivity contribution in [3.05, 3.63) is 77.6 Å². The molecule has 9 heteroatoms. The van der Waals surface area contributed by atoms with E-state index in [0.717, 1.165) is 5.56 Å². The fourth-order valence-corrected chi connectivity index (χ4v) is 5.54. The highest BCUT2D eigenvalue weighted by Gasteiger charge is 2.47. The Morgan fingerprint density at radius 3 is 2.28 bits per heavy atom. The van der Waals surface area contributed by atoms with Gasteiger partial charge < -0.3 is 14.6 Å². The second kappa shape index (κ2) is 8.81. The highest BCUT2D eigenvalue weighted by molar-refractivity contribution is 5.99. The van der Waals surface area contributed by atoms with Crippen LogP contribution in [0.1, 0.15) is 40.8 Å². The van der Waals surface area contributed by atoms with Crippen LogP contribution in [-0.4, -0.2) is 64.0 Å². The van der Waals surface area contributed by atoms with Crippen molar-refractivity contribution in [3.63, 3.8) is 0 Å². The normalized spacial score (nSPS) is 17.7. The number of likely N-dealkylation sites (N-methyl/N-ethyl adjacent to an activating group) is 1. The number of benzene rings is 2. The molecule has 3 heterocycles. The van der Waals surface area contributed by atoms with Gasteiger partial charge in [0.05, 0.1) is 11.2 Å². The highest BCUT2D eigenvalue weighted by Crippen LogP contribution is 2.42. The van der Waals surface area contributed by atoms with Crippen LogP contribution >= 0.6 is 0 Å². The lowest BCUT2D eigenvalue weighted by Crippen LogP contribution is -2.56. The van der Waals surface area contributed by atoms with Crippen molar-refractivity contribution in [2.45, 2.75) is 31.1 Å². The molecule has 3 aromatic rings. The molecule has 1 N–H and O–H groups in total. The Bertz CT molecular complexity index is 1320. The molecule has 0 saturated carbocycles. The summed E-state index contributed by atoms with van der Waals surface area (Å²) in [6.07, 6.45) is -3.89. The zero-order valence-corrected chi connectivity index (χ0v) is 19.8. The third-order valence-corrected chi connectivity index (χ3v) is 7.54. The van der Waals surface area contributed by atoms with Crippen LogP contribution in [0.4, 0.5) is 13.2 Å². The molecule has 0 atom stereocenters. The molecule has 0 aliphatic carbocycles. The number of carbonyl (C=O) groups is 2.